The van der Waals surface area contributed by atoms with Gasteiger partial charge in [0.25, 0.3) is 0 Å². The van der Waals surface area contributed by atoms with Crippen LogP contribution >= 0.6 is 0 Å². The van der Waals surface area contributed by atoms with Gasteiger partial charge in [0.05, 0.1) is 12.3 Å². The molecule has 0 fully saturated rings. The molecule has 0 rings (SSSR count). The highest BCUT2D eigenvalue weighted by atomic mass is 16.4. The van der Waals surface area contributed by atoms with Crippen LogP contribution in [0.3, 0.4) is 0 Å². The van der Waals surface area contributed by atoms with Gasteiger partial charge in [-0.1, -0.05) is 63.7 Å². The second kappa shape index (κ2) is 14.0. The number of allylic oxidation sites excluding steroid dienone is 2. The summed E-state index contributed by atoms with van der Waals surface area (Å²) in [6, 6.07) is 0. The molecule has 2 atom stereocenters. The molecular weight excluding hydrogens is 292 g/mol. The number of unbranched alkanes of at least 4 members (excludes halogenated alkanes) is 5. The van der Waals surface area contributed by atoms with Gasteiger partial charge in [-0.15, -0.1) is 6.58 Å². The number of carboxylic acids is 2. The van der Waals surface area contributed by atoms with Crippen molar-refractivity contribution in [1.29, 1.82) is 0 Å². The van der Waals surface area contributed by atoms with Gasteiger partial charge in [0.15, 0.2) is 0 Å². The normalized spacial score (nSPS) is 13.8. The largest absolute Gasteiger partial charge is 0.481 e. The van der Waals surface area contributed by atoms with Crippen LogP contribution in [0.2, 0.25) is 0 Å². The maximum Gasteiger partial charge on any atom is 0.310 e. The van der Waals surface area contributed by atoms with Crippen LogP contribution in [0.25, 0.3) is 0 Å². The molecule has 4 nitrogen and oxygen atoms in total. The topological polar surface area (TPSA) is 74.6 Å². The van der Waals surface area contributed by atoms with Gasteiger partial charge in [-0.2, -0.15) is 0 Å². The van der Waals surface area contributed by atoms with E-state index in [0.29, 0.717) is 5.92 Å². The lowest BCUT2D eigenvalue weighted by atomic mass is 9.93. The van der Waals surface area contributed by atoms with Gasteiger partial charge < -0.3 is 10.2 Å². The summed E-state index contributed by atoms with van der Waals surface area (Å²) in [6.07, 6.45) is 15.3. The van der Waals surface area contributed by atoms with Crippen LogP contribution in [-0.4, -0.2) is 22.2 Å². The van der Waals surface area contributed by atoms with Gasteiger partial charge in [0.2, 0.25) is 0 Å². The summed E-state index contributed by atoms with van der Waals surface area (Å²) < 4.78 is 0. The summed E-state index contributed by atoms with van der Waals surface area (Å²) in [7, 11) is 0. The summed E-state index contributed by atoms with van der Waals surface area (Å²) in [5.41, 5.74) is 0. The van der Waals surface area contributed by atoms with E-state index in [1.54, 1.807) is 0 Å². The second-order valence-electron chi connectivity index (χ2n) is 6.15. The average Bonchev–Trinajstić information content (AvgIpc) is 2.49. The van der Waals surface area contributed by atoms with E-state index in [9.17, 15) is 9.59 Å². The number of carboxylic acid groups (broad SMARTS) is 2. The fourth-order valence-electron chi connectivity index (χ4n) is 2.64. The summed E-state index contributed by atoms with van der Waals surface area (Å²) in [5, 5.41) is 17.7. The van der Waals surface area contributed by atoms with Crippen LogP contribution < -0.4 is 0 Å². The van der Waals surface area contributed by atoms with Gasteiger partial charge >= 0.3 is 11.9 Å². The zero-order chi connectivity index (χ0) is 17.5. The molecule has 0 radical (unpaired) electrons. The monoisotopic (exact) mass is 324 g/mol. The highest BCUT2D eigenvalue weighted by Crippen LogP contribution is 2.20. The van der Waals surface area contributed by atoms with E-state index in [1.807, 2.05) is 12.2 Å². The molecule has 0 aromatic carbocycles. The van der Waals surface area contributed by atoms with E-state index in [1.165, 1.54) is 44.6 Å². The Balaban J connectivity index is 4.18. The van der Waals surface area contributed by atoms with Gasteiger partial charge in [0, 0.05) is 0 Å². The predicted molar refractivity (Wildman–Crippen MR) is 93.4 cm³/mol. The van der Waals surface area contributed by atoms with Crippen molar-refractivity contribution < 1.29 is 19.8 Å². The van der Waals surface area contributed by atoms with Crippen LogP contribution in [-0.2, 0) is 9.59 Å². The SMILES string of the molecule is C=CCC(CC=CC(CC(=O)O)C(=O)O)CCCCCCCC. The van der Waals surface area contributed by atoms with Gasteiger partial charge in [-0.05, 0) is 25.2 Å². The lowest BCUT2D eigenvalue weighted by Crippen LogP contribution is -2.15. The minimum atomic E-state index is -1.09. The maximum atomic E-state index is 11.0. The second-order valence-corrected chi connectivity index (χ2v) is 6.15. The molecule has 2 N–H and O–H groups in total. The predicted octanol–water partition coefficient (Wildman–Crippen LogP) is 5.05. The molecule has 0 saturated carbocycles. The van der Waals surface area contributed by atoms with Gasteiger partial charge in [-0.25, -0.2) is 0 Å². The van der Waals surface area contributed by atoms with Crippen LogP contribution in [0.4, 0.5) is 0 Å². The van der Waals surface area contributed by atoms with Crippen molar-refractivity contribution in [2.24, 2.45) is 11.8 Å². The lowest BCUT2D eigenvalue weighted by molar-refractivity contribution is -0.146. The van der Waals surface area contributed by atoms with Crippen LogP contribution in [0, 0.1) is 11.8 Å². The fraction of sp³-hybridized carbons (Fsp3) is 0.684. The van der Waals surface area contributed by atoms with E-state index in [2.05, 4.69) is 13.5 Å². The number of hydrogen-bond donors (Lipinski definition) is 2. The fourth-order valence-corrected chi connectivity index (χ4v) is 2.64. The lowest BCUT2D eigenvalue weighted by Gasteiger charge is -2.13. The highest BCUT2D eigenvalue weighted by molar-refractivity contribution is 5.79. The summed E-state index contributed by atoms with van der Waals surface area (Å²) in [4.78, 5) is 21.7. The number of hydrogen-bond acceptors (Lipinski definition) is 2. The number of rotatable bonds is 15. The molecule has 0 bridgehead atoms. The molecule has 0 saturated heterocycles. The van der Waals surface area contributed by atoms with E-state index < -0.39 is 17.9 Å². The smallest absolute Gasteiger partial charge is 0.310 e. The third-order valence-electron chi connectivity index (χ3n) is 4.02. The van der Waals surface area contributed by atoms with Gasteiger partial charge in [0.1, 0.15) is 0 Å². The molecule has 0 amide bonds. The van der Waals surface area contributed by atoms with Crippen LogP contribution in [0.15, 0.2) is 24.8 Å². The first-order valence-electron chi connectivity index (χ1n) is 8.73. The summed E-state index contributed by atoms with van der Waals surface area (Å²) >= 11 is 0. The quantitative estimate of drug-likeness (QED) is 0.326. The van der Waals surface area contributed by atoms with Crippen molar-refractivity contribution in [3.8, 4) is 0 Å². The Bertz CT molecular complexity index is 374. The summed E-state index contributed by atoms with van der Waals surface area (Å²) in [6.45, 7) is 5.99. The first-order valence-corrected chi connectivity index (χ1v) is 8.73. The van der Waals surface area contributed by atoms with Gasteiger partial charge in [-0.3, -0.25) is 9.59 Å². The highest BCUT2D eigenvalue weighted by Gasteiger charge is 2.17. The molecule has 0 aliphatic heterocycles. The molecular formula is C19H32O4. The molecule has 132 valence electrons. The Morgan fingerprint density at radius 2 is 1.70 bits per heavy atom. The molecule has 0 aromatic rings. The minimum Gasteiger partial charge on any atom is -0.481 e. The number of carbonyl (C=O) groups is 2. The van der Waals surface area contributed by atoms with Crippen LogP contribution in [0.5, 0.6) is 0 Å². The van der Waals surface area contributed by atoms with Crippen molar-refractivity contribution in [3.63, 3.8) is 0 Å². The molecule has 0 aliphatic rings. The Morgan fingerprint density at radius 1 is 1.04 bits per heavy atom. The zero-order valence-electron chi connectivity index (χ0n) is 14.4. The van der Waals surface area contributed by atoms with Crippen molar-refractivity contribution in [2.75, 3.05) is 0 Å². The van der Waals surface area contributed by atoms with E-state index in [-0.39, 0.29) is 6.42 Å². The first-order chi connectivity index (χ1) is 11.0. The molecule has 2 unspecified atom stereocenters. The first kappa shape index (κ1) is 21.4. The molecule has 23 heavy (non-hydrogen) atoms. The standard InChI is InChI=1S/C19H32O4/c1-3-5-6-7-8-9-12-16(11-4-2)13-10-14-17(19(22)23)15-18(20)21/h4,10,14,16-17H,2-3,5-9,11-13,15H2,1H3,(H,20,21)(H,22,23). The molecule has 0 aromatic heterocycles. The third kappa shape index (κ3) is 12.6. The Hall–Kier alpha value is -1.58. The molecule has 0 aliphatic carbocycles. The van der Waals surface area contributed by atoms with Crippen molar-refractivity contribution in [3.05, 3.63) is 24.8 Å². The number of aliphatic carboxylic acids is 2. The Kier molecular flexibility index (Phi) is 13.1. The zero-order valence-corrected chi connectivity index (χ0v) is 14.4. The Labute approximate surface area is 140 Å². The summed E-state index contributed by atoms with van der Waals surface area (Å²) in [5.74, 6) is -2.64. The van der Waals surface area contributed by atoms with Crippen molar-refractivity contribution in [2.45, 2.75) is 71.1 Å². The molecule has 4 heteroatoms. The minimum absolute atomic E-state index is 0.366. The van der Waals surface area contributed by atoms with Crippen LogP contribution in [0.1, 0.15) is 71.1 Å². The Morgan fingerprint density at radius 3 is 2.26 bits per heavy atom. The van der Waals surface area contributed by atoms with E-state index in [4.69, 9.17) is 10.2 Å². The molecule has 0 spiro atoms. The average molecular weight is 324 g/mol. The molecule has 0 heterocycles. The van der Waals surface area contributed by atoms with E-state index in [0.717, 1.165) is 19.3 Å². The van der Waals surface area contributed by atoms with Crippen molar-refractivity contribution in [1.82, 2.24) is 0 Å². The third-order valence-corrected chi connectivity index (χ3v) is 4.02. The van der Waals surface area contributed by atoms with E-state index >= 15 is 0 Å². The van der Waals surface area contributed by atoms with Crippen molar-refractivity contribution >= 4 is 11.9 Å². The maximum absolute atomic E-state index is 11.0.